The molecule has 0 fully saturated rings. The van der Waals surface area contributed by atoms with Crippen LogP contribution in [0.1, 0.15) is 25.3 Å². The molecule has 8 heteroatoms. The van der Waals surface area contributed by atoms with Crippen LogP contribution < -0.4 is 5.32 Å². The summed E-state index contributed by atoms with van der Waals surface area (Å²) in [6, 6.07) is 11.8. The van der Waals surface area contributed by atoms with Crippen LogP contribution in [0.4, 0.5) is 24.5 Å². The molecule has 0 aliphatic rings. The maximum absolute atomic E-state index is 12.7. The molecule has 0 unspecified atom stereocenters. The number of benzene rings is 2. The first-order chi connectivity index (χ1) is 12.7. The second kappa shape index (κ2) is 7.03. The number of rotatable bonds is 5. The predicted octanol–water partition coefficient (Wildman–Crippen LogP) is 4.77. The lowest BCUT2D eigenvalue weighted by Crippen LogP contribution is -2.22. The lowest BCUT2D eigenvalue weighted by molar-refractivity contribution is -0.137. The minimum absolute atomic E-state index is 0.153. The number of aromatic nitrogens is 2. The number of hydrogen-bond donors (Lipinski definition) is 2. The van der Waals surface area contributed by atoms with E-state index in [1.807, 2.05) is 0 Å². The van der Waals surface area contributed by atoms with Crippen LogP contribution in [-0.4, -0.2) is 21.9 Å². The van der Waals surface area contributed by atoms with Gasteiger partial charge >= 0.3 is 6.18 Å². The molecule has 2 aromatic carbocycles. The third-order valence-electron chi connectivity index (χ3n) is 4.05. The number of para-hydroxylation sites is 1. The van der Waals surface area contributed by atoms with Crippen LogP contribution in [-0.2, 0) is 11.6 Å². The smallest absolute Gasteiger partial charge is 0.416 e. The Hall–Kier alpha value is -2.87. The van der Waals surface area contributed by atoms with E-state index in [0.29, 0.717) is 22.8 Å². The Labute approximate surface area is 153 Å². The first kappa shape index (κ1) is 18.9. The summed E-state index contributed by atoms with van der Waals surface area (Å²) in [6.45, 7) is 3.40. The van der Waals surface area contributed by atoms with Crippen LogP contribution in [0, 0.1) is 0 Å². The second-order valence-corrected chi connectivity index (χ2v) is 6.70. The molecule has 2 N–H and O–H groups in total. The molecule has 1 heterocycles. The summed E-state index contributed by atoms with van der Waals surface area (Å²) in [7, 11) is 0. The quantitative estimate of drug-likeness (QED) is 0.670. The highest BCUT2D eigenvalue weighted by molar-refractivity contribution is 5.76. The van der Waals surface area contributed by atoms with E-state index in [4.69, 9.17) is 4.42 Å². The van der Waals surface area contributed by atoms with Crippen LogP contribution in [0.25, 0.3) is 11.5 Å². The predicted molar refractivity (Wildman–Crippen MR) is 94.6 cm³/mol. The first-order valence-corrected chi connectivity index (χ1v) is 8.19. The van der Waals surface area contributed by atoms with Gasteiger partial charge in [-0.15, -0.1) is 10.2 Å². The van der Waals surface area contributed by atoms with E-state index in [2.05, 4.69) is 15.5 Å². The number of halogens is 3. The molecule has 3 aromatic rings. The fourth-order valence-electron chi connectivity index (χ4n) is 2.35. The lowest BCUT2D eigenvalue weighted by Gasteiger charge is -2.15. The number of hydrogen-bond acceptors (Lipinski definition) is 5. The third-order valence-corrected chi connectivity index (χ3v) is 4.05. The summed E-state index contributed by atoms with van der Waals surface area (Å²) in [5, 5.41) is 20.5. The van der Waals surface area contributed by atoms with Gasteiger partial charge in [0.05, 0.1) is 28.8 Å². The zero-order valence-electron chi connectivity index (χ0n) is 14.7. The number of aliphatic hydroxyl groups is 1. The van der Waals surface area contributed by atoms with Crippen LogP contribution in [0.2, 0.25) is 0 Å². The van der Waals surface area contributed by atoms with Gasteiger partial charge in [-0.1, -0.05) is 12.1 Å². The van der Waals surface area contributed by atoms with Crippen LogP contribution in [0.3, 0.4) is 0 Å². The number of nitrogens with zero attached hydrogens (tertiary/aromatic N) is 2. The van der Waals surface area contributed by atoms with Gasteiger partial charge in [0, 0.05) is 5.69 Å². The Morgan fingerprint density at radius 2 is 1.67 bits per heavy atom. The van der Waals surface area contributed by atoms with Crippen molar-refractivity contribution in [2.75, 3.05) is 11.9 Å². The van der Waals surface area contributed by atoms with E-state index in [1.165, 1.54) is 12.1 Å². The average molecular weight is 377 g/mol. The van der Waals surface area contributed by atoms with E-state index < -0.39 is 17.2 Å². The molecule has 0 spiro atoms. The van der Waals surface area contributed by atoms with E-state index >= 15 is 0 Å². The highest BCUT2D eigenvalue weighted by Crippen LogP contribution is 2.33. The van der Waals surface area contributed by atoms with Crippen molar-refractivity contribution < 1.29 is 22.7 Å². The van der Waals surface area contributed by atoms with E-state index in [1.54, 1.807) is 38.1 Å². The molecule has 0 aliphatic carbocycles. The van der Waals surface area contributed by atoms with Gasteiger partial charge in [0.2, 0.25) is 11.8 Å². The monoisotopic (exact) mass is 377 g/mol. The molecule has 5 nitrogen and oxygen atoms in total. The summed E-state index contributed by atoms with van der Waals surface area (Å²) in [5.74, 6) is 0.547. The minimum atomic E-state index is -4.38. The van der Waals surface area contributed by atoms with Crippen molar-refractivity contribution in [1.29, 1.82) is 0 Å². The third kappa shape index (κ3) is 4.11. The molecular formula is C19H18F3N3O2. The van der Waals surface area contributed by atoms with E-state index in [-0.39, 0.29) is 12.5 Å². The van der Waals surface area contributed by atoms with Crippen LogP contribution in [0.15, 0.2) is 52.9 Å². The van der Waals surface area contributed by atoms with Gasteiger partial charge in [-0.3, -0.25) is 0 Å². The average Bonchev–Trinajstić information content (AvgIpc) is 3.13. The highest BCUT2D eigenvalue weighted by Gasteiger charge is 2.30. The second-order valence-electron chi connectivity index (χ2n) is 6.70. The molecule has 0 saturated carbocycles. The molecule has 142 valence electrons. The number of anilines is 2. The van der Waals surface area contributed by atoms with Crippen molar-refractivity contribution in [1.82, 2.24) is 10.2 Å². The molecule has 0 aliphatic heterocycles. The number of aliphatic hydroxyl groups excluding tert-OH is 1. The molecule has 27 heavy (non-hydrogen) atoms. The Morgan fingerprint density at radius 3 is 2.30 bits per heavy atom. The van der Waals surface area contributed by atoms with Crippen LogP contribution in [0.5, 0.6) is 0 Å². The van der Waals surface area contributed by atoms with Crippen molar-refractivity contribution in [3.05, 3.63) is 60.0 Å². The highest BCUT2D eigenvalue weighted by atomic mass is 19.4. The zero-order valence-corrected chi connectivity index (χ0v) is 14.7. The van der Waals surface area contributed by atoms with Crippen molar-refractivity contribution in [2.24, 2.45) is 0 Å². The summed E-state index contributed by atoms with van der Waals surface area (Å²) in [4.78, 5) is 0. The molecule has 0 bridgehead atoms. The summed E-state index contributed by atoms with van der Waals surface area (Å²) < 4.78 is 43.8. The molecule has 0 amide bonds. The van der Waals surface area contributed by atoms with Crippen molar-refractivity contribution >= 4 is 11.4 Å². The Kier molecular flexibility index (Phi) is 4.93. The van der Waals surface area contributed by atoms with Crippen LogP contribution >= 0.6 is 0 Å². The summed E-state index contributed by atoms with van der Waals surface area (Å²) in [5.41, 5.74) is 0.306. The Balaban J connectivity index is 1.89. The van der Waals surface area contributed by atoms with Crippen molar-refractivity contribution in [3.8, 4) is 11.5 Å². The number of alkyl halides is 3. The minimum Gasteiger partial charge on any atom is -0.420 e. The van der Waals surface area contributed by atoms with Gasteiger partial charge in [0.15, 0.2) is 0 Å². The standard InChI is InChI=1S/C19H18F3N3O2/c1-18(2,11-26)17-25-24-16(27-17)14-5-3-4-6-15(14)23-13-9-7-12(8-10-13)19(20,21)22/h3-10,23,26H,11H2,1-2H3. The molecular weight excluding hydrogens is 359 g/mol. The van der Waals surface area contributed by atoms with E-state index in [9.17, 15) is 18.3 Å². The van der Waals surface area contributed by atoms with Gasteiger partial charge in [0.25, 0.3) is 0 Å². The largest absolute Gasteiger partial charge is 0.420 e. The molecule has 0 radical (unpaired) electrons. The molecule has 0 saturated heterocycles. The van der Waals surface area contributed by atoms with Crippen molar-refractivity contribution in [3.63, 3.8) is 0 Å². The van der Waals surface area contributed by atoms with Crippen molar-refractivity contribution in [2.45, 2.75) is 25.4 Å². The normalized spacial score (nSPS) is 12.2. The summed E-state index contributed by atoms with van der Waals surface area (Å²) >= 11 is 0. The number of nitrogens with one attached hydrogen (secondary N) is 1. The molecule has 3 rings (SSSR count). The van der Waals surface area contributed by atoms with Gasteiger partial charge in [-0.05, 0) is 50.2 Å². The Bertz CT molecular complexity index is 918. The fourth-order valence-corrected chi connectivity index (χ4v) is 2.35. The maximum atomic E-state index is 12.7. The first-order valence-electron chi connectivity index (χ1n) is 8.19. The van der Waals surface area contributed by atoms with E-state index in [0.717, 1.165) is 12.1 Å². The zero-order chi connectivity index (χ0) is 19.7. The molecule has 0 atom stereocenters. The van der Waals surface area contributed by atoms with Gasteiger partial charge in [0.1, 0.15) is 0 Å². The Morgan fingerprint density at radius 1 is 1.00 bits per heavy atom. The van der Waals surface area contributed by atoms with Gasteiger partial charge in [-0.2, -0.15) is 13.2 Å². The SMILES string of the molecule is CC(C)(CO)c1nnc(-c2ccccc2Nc2ccc(C(F)(F)F)cc2)o1. The maximum Gasteiger partial charge on any atom is 0.416 e. The fraction of sp³-hybridized carbons (Fsp3) is 0.263. The lowest BCUT2D eigenvalue weighted by atomic mass is 9.95. The summed E-state index contributed by atoms with van der Waals surface area (Å²) in [6.07, 6.45) is -4.38. The molecule has 1 aromatic heterocycles. The van der Waals surface area contributed by atoms with Gasteiger partial charge in [-0.25, -0.2) is 0 Å². The van der Waals surface area contributed by atoms with Gasteiger partial charge < -0.3 is 14.8 Å². The topological polar surface area (TPSA) is 71.2 Å².